The number of fused-ring (bicyclic) bond motifs is 9. The molecular weight excluding hydrogens is 717 g/mol. The summed E-state index contributed by atoms with van der Waals surface area (Å²) < 4.78 is 4.81. The van der Waals surface area contributed by atoms with Gasteiger partial charge in [-0.25, -0.2) is 0 Å². The number of aliphatic hydroxyl groups is 1. The lowest BCUT2D eigenvalue weighted by molar-refractivity contribution is 0.333. The molecule has 1 N–H and O–H groups in total. The van der Waals surface area contributed by atoms with E-state index in [1.54, 1.807) is 0 Å². The lowest BCUT2D eigenvalue weighted by Gasteiger charge is -2.28. The van der Waals surface area contributed by atoms with Gasteiger partial charge in [-0.05, 0) is 112 Å². The summed E-state index contributed by atoms with van der Waals surface area (Å²) in [6, 6.07) is 57.7. The van der Waals surface area contributed by atoms with Crippen LogP contribution in [0.25, 0.3) is 71.7 Å². The first-order valence-corrected chi connectivity index (χ1v) is 20.8. The van der Waals surface area contributed by atoms with Gasteiger partial charge in [0.05, 0.1) is 22.1 Å². The third kappa shape index (κ3) is 5.01. The van der Waals surface area contributed by atoms with Crippen LogP contribution in [0.5, 0.6) is 0 Å². The van der Waals surface area contributed by atoms with E-state index in [0.717, 1.165) is 17.8 Å². The summed E-state index contributed by atoms with van der Waals surface area (Å²) in [6.07, 6.45) is 11.7. The van der Waals surface area contributed by atoms with Crippen LogP contribution in [0.1, 0.15) is 48.4 Å². The number of allylic oxidation sites excluding steroid dienone is 7. The molecule has 59 heavy (non-hydrogen) atoms. The number of para-hydroxylation sites is 3. The Labute approximate surface area is 343 Å². The van der Waals surface area contributed by atoms with Gasteiger partial charge in [-0.3, -0.25) is 0 Å². The summed E-state index contributed by atoms with van der Waals surface area (Å²) in [4.78, 5) is 0. The Morgan fingerprint density at radius 1 is 0.559 bits per heavy atom. The Hall–Kier alpha value is -7.10. The fourth-order valence-corrected chi connectivity index (χ4v) is 10.7. The first kappa shape index (κ1) is 34.0. The molecule has 3 aliphatic carbocycles. The van der Waals surface area contributed by atoms with E-state index >= 15 is 0 Å². The van der Waals surface area contributed by atoms with Gasteiger partial charge in [0.2, 0.25) is 0 Å². The van der Waals surface area contributed by atoms with Crippen LogP contribution < -0.4 is 0 Å². The van der Waals surface area contributed by atoms with E-state index in [9.17, 15) is 5.11 Å². The van der Waals surface area contributed by atoms with E-state index in [0.29, 0.717) is 5.76 Å². The van der Waals surface area contributed by atoms with E-state index in [4.69, 9.17) is 0 Å². The Kier molecular flexibility index (Phi) is 7.32. The molecule has 2 aromatic heterocycles. The number of hydrogen-bond acceptors (Lipinski definition) is 1. The zero-order valence-electron chi connectivity index (χ0n) is 33.1. The van der Waals surface area contributed by atoms with E-state index in [-0.39, 0.29) is 17.3 Å². The van der Waals surface area contributed by atoms with Crippen LogP contribution >= 0.6 is 0 Å². The largest absolute Gasteiger partial charge is 0.512 e. The van der Waals surface area contributed by atoms with Crippen molar-refractivity contribution in [2.45, 2.75) is 31.6 Å². The molecule has 2 heterocycles. The number of rotatable bonds is 5. The van der Waals surface area contributed by atoms with Crippen LogP contribution in [-0.2, 0) is 5.41 Å². The molecule has 0 spiro atoms. The third-order valence-electron chi connectivity index (χ3n) is 13.5. The highest BCUT2D eigenvalue weighted by molar-refractivity contribution is 6.12. The van der Waals surface area contributed by atoms with Crippen LogP contribution in [0, 0.1) is 5.92 Å². The quantitative estimate of drug-likeness (QED) is 0.186. The van der Waals surface area contributed by atoms with Crippen LogP contribution in [0.4, 0.5) is 0 Å². The molecule has 2 unspecified atom stereocenters. The summed E-state index contributed by atoms with van der Waals surface area (Å²) in [6.45, 7) is 4.71. The normalized spacial score (nSPS) is 18.0. The van der Waals surface area contributed by atoms with Gasteiger partial charge >= 0.3 is 0 Å². The summed E-state index contributed by atoms with van der Waals surface area (Å²) in [5, 5.41) is 16.7. The smallest absolute Gasteiger partial charge is 0.100 e. The summed E-state index contributed by atoms with van der Waals surface area (Å²) >= 11 is 0. The molecule has 3 aliphatic rings. The number of hydrogen-bond donors (Lipinski definition) is 1. The maximum atomic E-state index is 11.7. The number of nitrogens with zero attached hydrogens (tertiary/aromatic N) is 2. The molecule has 0 bridgehead atoms. The fraction of sp³-hybridized carbons (Fsp3) is 0.107. The van der Waals surface area contributed by atoms with Crippen LogP contribution in [0.3, 0.4) is 0 Å². The van der Waals surface area contributed by atoms with Crippen molar-refractivity contribution < 1.29 is 5.11 Å². The maximum Gasteiger partial charge on any atom is 0.100 e. The highest BCUT2D eigenvalue weighted by Crippen LogP contribution is 2.52. The molecule has 0 fully saturated rings. The molecule has 0 saturated heterocycles. The Bertz CT molecular complexity index is 3330. The monoisotopic (exact) mass is 758 g/mol. The molecule has 0 amide bonds. The molecule has 7 aromatic carbocycles. The van der Waals surface area contributed by atoms with Gasteiger partial charge in [0.15, 0.2) is 0 Å². The zero-order chi connectivity index (χ0) is 39.4. The second kappa shape index (κ2) is 12.7. The van der Waals surface area contributed by atoms with Crippen LogP contribution in [0.15, 0.2) is 199 Å². The predicted octanol–water partition coefficient (Wildman–Crippen LogP) is 14.3. The maximum absolute atomic E-state index is 11.7. The van der Waals surface area contributed by atoms with Crippen molar-refractivity contribution in [2.24, 2.45) is 5.92 Å². The van der Waals surface area contributed by atoms with Crippen LogP contribution in [0.2, 0.25) is 0 Å². The minimum Gasteiger partial charge on any atom is -0.512 e. The molecule has 2 atom stereocenters. The van der Waals surface area contributed by atoms with Crippen molar-refractivity contribution in [2.75, 3.05) is 0 Å². The minimum atomic E-state index is -0.162. The molecule has 0 saturated carbocycles. The Morgan fingerprint density at radius 3 is 2.02 bits per heavy atom. The molecule has 282 valence electrons. The van der Waals surface area contributed by atoms with Gasteiger partial charge in [0.25, 0.3) is 0 Å². The molecule has 0 aliphatic heterocycles. The number of aliphatic hydroxyl groups excluding tert-OH is 1. The second-order valence-electron chi connectivity index (χ2n) is 17.0. The topological polar surface area (TPSA) is 30.1 Å². The molecule has 0 radical (unpaired) electrons. The summed E-state index contributed by atoms with van der Waals surface area (Å²) in [5.41, 5.74) is 17.2. The van der Waals surface area contributed by atoms with E-state index in [2.05, 4.69) is 199 Å². The average Bonchev–Trinajstić information content (AvgIpc) is 4.03. The van der Waals surface area contributed by atoms with E-state index in [1.165, 1.54) is 88.1 Å². The Morgan fingerprint density at radius 2 is 1.22 bits per heavy atom. The van der Waals surface area contributed by atoms with Gasteiger partial charge in [0, 0.05) is 50.2 Å². The lowest BCUT2D eigenvalue weighted by atomic mass is 9.76. The molecule has 9 aromatic rings. The third-order valence-corrected chi connectivity index (χ3v) is 13.5. The van der Waals surface area contributed by atoms with Crippen LogP contribution in [-0.4, -0.2) is 14.2 Å². The van der Waals surface area contributed by atoms with Gasteiger partial charge in [-0.2, -0.15) is 0 Å². The van der Waals surface area contributed by atoms with Gasteiger partial charge in [-0.15, -0.1) is 0 Å². The van der Waals surface area contributed by atoms with E-state index < -0.39 is 0 Å². The van der Waals surface area contributed by atoms with Crippen molar-refractivity contribution in [3.63, 3.8) is 0 Å². The van der Waals surface area contributed by atoms with Gasteiger partial charge in [0.1, 0.15) is 5.76 Å². The highest BCUT2D eigenvalue weighted by atomic mass is 16.3. The predicted molar refractivity (Wildman–Crippen MR) is 246 cm³/mol. The van der Waals surface area contributed by atoms with Crippen molar-refractivity contribution >= 4 is 49.2 Å². The van der Waals surface area contributed by atoms with Crippen molar-refractivity contribution in [1.29, 1.82) is 0 Å². The van der Waals surface area contributed by atoms with Gasteiger partial charge < -0.3 is 14.2 Å². The van der Waals surface area contributed by atoms with E-state index in [1.807, 2.05) is 12.2 Å². The molecule has 3 heteroatoms. The summed E-state index contributed by atoms with van der Waals surface area (Å²) in [7, 11) is 0. The zero-order valence-corrected chi connectivity index (χ0v) is 33.1. The molecule has 12 rings (SSSR count). The van der Waals surface area contributed by atoms with Crippen molar-refractivity contribution in [1.82, 2.24) is 9.13 Å². The second-order valence-corrected chi connectivity index (χ2v) is 17.0. The lowest BCUT2D eigenvalue weighted by Crippen LogP contribution is -2.18. The SMILES string of the molecule is CC1(C)c2ccccc2-c2cc3c4cc(C5C=CC=C(O)C5C5=CC(c6ccc7c8ccccc8n(-c8ccccc8)c7c6)=CC5)ccc4n(-c4ccccc4)c3cc21. The fourth-order valence-electron chi connectivity index (χ4n) is 10.7. The van der Waals surface area contributed by atoms with Crippen molar-refractivity contribution in [3.05, 3.63) is 222 Å². The first-order valence-electron chi connectivity index (χ1n) is 20.8. The Balaban J connectivity index is 0.969. The standard InChI is InChI=1S/C56H42N2O/c1-56(2)48-21-11-9-18-42(48)45-33-47-46-31-37(27-29-51(46)58(53(47)34-49(45)56)40-16-7-4-8-17-40)41-20-13-23-54(59)55(41)38-25-24-35(30-38)36-26-28-44-43-19-10-12-22-50(43)57(52(44)32-36)39-14-5-3-6-15-39/h3-24,26-34,41,55,59H,25H2,1-2H3. The van der Waals surface area contributed by atoms with Crippen molar-refractivity contribution in [3.8, 4) is 22.5 Å². The minimum absolute atomic E-state index is 0.0179. The number of benzene rings is 7. The molecule has 3 nitrogen and oxygen atoms in total. The van der Waals surface area contributed by atoms with Gasteiger partial charge in [-0.1, -0.05) is 141 Å². The molecular formula is C56H42N2O. The first-order chi connectivity index (χ1) is 28.9. The average molecular weight is 759 g/mol. The number of aromatic nitrogens is 2. The highest BCUT2D eigenvalue weighted by Gasteiger charge is 2.37. The summed E-state index contributed by atoms with van der Waals surface area (Å²) in [5.74, 6) is 0.238.